The van der Waals surface area contributed by atoms with Gasteiger partial charge in [0.2, 0.25) is 0 Å². The van der Waals surface area contributed by atoms with Gasteiger partial charge in [-0.25, -0.2) is 0 Å². The molecule has 0 radical (unpaired) electrons. The van der Waals surface area contributed by atoms with Crippen LogP contribution in [-0.4, -0.2) is 30.7 Å². The lowest BCUT2D eigenvalue weighted by molar-refractivity contribution is -0.0406. The Bertz CT molecular complexity index is 96.5. The molecule has 54 valence electrons. The van der Waals surface area contributed by atoms with E-state index in [2.05, 4.69) is 0 Å². The second kappa shape index (κ2) is 2.25. The SMILES string of the molecule is COC1(CC(C)O)CO1. The minimum atomic E-state index is -0.436. The van der Waals surface area contributed by atoms with E-state index in [9.17, 15) is 0 Å². The third-order valence-corrected chi connectivity index (χ3v) is 1.44. The van der Waals surface area contributed by atoms with Gasteiger partial charge in [-0.2, -0.15) is 0 Å². The Morgan fingerprint density at radius 2 is 2.44 bits per heavy atom. The monoisotopic (exact) mass is 132 g/mol. The van der Waals surface area contributed by atoms with E-state index in [1.165, 1.54) is 0 Å². The molecule has 2 atom stereocenters. The fourth-order valence-corrected chi connectivity index (χ4v) is 0.850. The van der Waals surface area contributed by atoms with E-state index < -0.39 is 5.79 Å². The van der Waals surface area contributed by atoms with Gasteiger partial charge in [-0.05, 0) is 6.92 Å². The number of hydrogen-bond donors (Lipinski definition) is 1. The fourth-order valence-electron chi connectivity index (χ4n) is 0.850. The maximum atomic E-state index is 8.90. The fraction of sp³-hybridized carbons (Fsp3) is 1.00. The van der Waals surface area contributed by atoms with Gasteiger partial charge in [0.15, 0.2) is 5.79 Å². The highest BCUT2D eigenvalue weighted by Gasteiger charge is 2.45. The van der Waals surface area contributed by atoms with Crippen LogP contribution in [0.3, 0.4) is 0 Å². The number of hydrogen-bond acceptors (Lipinski definition) is 3. The van der Waals surface area contributed by atoms with E-state index in [0.717, 1.165) is 0 Å². The van der Waals surface area contributed by atoms with Crippen LogP contribution in [0, 0.1) is 0 Å². The largest absolute Gasteiger partial charge is 0.393 e. The number of epoxide rings is 1. The van der Waals surface area contributed by atoms with Gasteiger partial charge >= 0.3 is 0 Å². The molecule has 0 amide bonds. The van der Waals surface area contributed by atoms with Gasteiger partial charge in [0, 0.05) is 13.5 Å². The van der Waals surface area contributed by atoms with Gasteiger partial charge in [0.05, 0.1) is 6.10 Å². The Morgan fingerprint density at radius 1 is 1.89 bits per heavy atom. The molecule has 0 saturated carbocycles. The Morgan fingerprint density at radius 3 is 2.56 bits per heavy atom. The number of methoxy groups -OCH3 is 1. The topological polar surface area (TPSA) is 42.0 Å². The molecule has 0 aromatic heterocycles. The van der Waals surface area contributed by atoms with Gasteiger partial charge in [0.1, 0.15) is 6.61 Å². The molecule has 1 N–H and O–H groups in total. The van der Waals surface area contributed by atoms with Crippen LogP contribution in [0.15, 0.2) is 0 Å². The number of aliphatic hydroxyl groups is 1. The smallest absolute Gasteiger partial charge is 0.194 e. The van der Waals surface area contributed by atoms with E-state index in [0.29, 0.717) is 13.0 Å². The second-order valence-corrected chi connectivity index (χ2v) is 2.46. The molecule has 3 heteroatoms. The zero-order valence-electron chi connectivity index (χ0n) is 5.76. The summed E-state index contributed by atoms with van der Waals surface area (Å²) >= 11 is 0. The first-order valence-corrected chi connectivity index (χ1v) is 3.06. The van der Waals surface area contributed by atoms with Crippen molar-refractivity contribution in [3.8, 4) is 0 Å². The summed E-state index contributed by atoms with van der Waals surface area (Å²) in [7, 11) is 1.59. The number of aliphatic hydroxyl groups excluding tert-OH is 1. The van der Waals surface area contributed by atoms with Crippen LogP contribution in [0.4, 0.5) is 0 Å². The molecular weight excluding hydrogens is 120 g/mol. The van der Waals surface area contributed by atoms with Crippen LogP contribution in [-0.2, 0) is 9.47 Å². The average molecular weight is 132 g/mol. The van der Waals surface area contributed by atoms with Crippen molar-refractivity contribution in [2.75, 3.05) is 13.7 Å². The van der Waals surface area contributed by atoms with Crippen molar-refractivity contribution in [1.82, 2.24) is 0 Å². The Balaban J connectivity index is 2.25. The normalized spacial score (nSPS) is 36.3. The average Bonchev–Trinajstić information content (AvgIpc) is 2.48. The second-order valence-electron chi connectivity index (χ2n) is 2.46. The van der Waals surface area contributed by atoms with Crippen LogP contribution >= 0.6 is 0 Å². The summed E-state index contributed by atoms with van der Waals surface area (Å²) in [4.78, 5) is 0. The van der Waals surface area contributed by atoms with E-state index >= 15 is 0 Å². The maximum Gasteiger partial charge on any atom is 0.194 e. The predicted octanol–water partition coefficient (Wildman–Crippen LogP) is 0.130. The summed E-state index contributed by atoms with van der Waals surface area (Å²) in [5.74, 6) is -0.436. The lowest BCUT2D eigenvalue weighted by Gasteiger charge is -2.10. The summed E-state index contributed by atoms with van der Waals surface area (Å²) in [5.41, 5.74) is 0. The minimum absolute atomic E-state index is 0.340. The van der Waals surface area contributed by atoms with Crippen molar-refractivity contribution >= 4 is 0 Å². The molecule has 0 spiro atoms. The third-order valence-electron chi connectivity index (χ3n) is 1.44. The molecule has 3 nitrogen and oxygen atoms in total. The van der Waals surface area contributed by atoms with Crippen LogP contribution in [0.2, 0.25) is 0 Å². The molecule has 1 heterocycles. The van der Waals surface area contributed by atoms with Crippen molar-refractivity contribution in [2.24, 2.45) is 0 Å². The van der Waals surface area contributed by atoms with Crippen molar-refractivity contribution in [1.29, 1.82) is 0 Å². The van der Waals surface area contributed by atoms with Gasteiger partial charge < -0.3 is 14.6 Å². The van der Waals surface area contributed by atoms with Crippen molar-refractivity contribution in [2.45, 2.75) is 25.2 Å². The van der Waals surface area contributed by atoms with Crippen molar-refractivity contribution in [3.63, 3.8) is 0 Å². The zero-order valence-corrected chi connectivity index (χ0v) is 5.76. The predicted molar refractivity (Wildman–Crippen MR) is 32.0 cm³/mol. The third kappa shape index (κ3) is 1.64. The molecule has 1 aliphatic heterocycles. The van der Waals surface area contributed by atoms with Gasteiger partial charge in [-0.15, -0.1) is 0 Å². The molecule has 1 fully saturated rings. The quantitative estimate of drug-likeness (QED) is 0.555. The molecule has 1 saturated heterocycles. The highest BCUT2D eigenvalue weighted by atomic mass is 16.8. The standard InChI is InChI=1S/C6H12O3/c1-5(7)3-6(8-2)4-9-6/h5,7H,3-4H2,1-2H3. The molecule has 9 heavy (non-hydrogen) atoms. The number of ether oxygens (including phenoxy) is 2. The van der Waals surface area contributed by atoms with Crippen LogP contribution < -0.4 is 0 Å². The highest BCUT2D eigenvalue weighted by molar-refractivity contribution is 4.82. The lowest BCUT2D eigenvalue weighted by atomic mass is 10.2. The van der Waals surface area contributed by atoms with Crippen LogP contribution in [0.5, 0.6) is 0 Å². The molecule has 0 aromatic carbocycles. The van der Waals surface area contributed by atoms with E-state index in [4.69, 9.17) is 14.6 Å². The molecule has 1 aliphatic rings. The molecule has 0 aromatic rings. The highest BCUT2D eigenvalue weighted by Crippen LogP contribution is 2.32. The summed E-state index contributed by atoms with van der Waals surface area (Å²) in [6.07, 6.45) is 0.233. The van der Waals surface area contributed by atoms with E-state index in [1.807, 2.05) is 0 Å². The number of rotatable bonds is 3. The minimum Gasteiger partial charge on any atom is -0.393 e. The molecule has 0 bridgehead atoms. The van der Waals surface area contributed by atoms with Gasteiger partial charge in [0.25, 0.3) is 0 Å². The Hall–Kier alpha value is -0.120. The molecule has 1 rings (SSSR count). The maximum absolute atomic E-state index is 8.90. The summed E-state index contributed by atoms with van der Waals surface area (Å²) in [6, 6.07) is 0. The molecule has 2 unspecified atom stereocenters. The molecular formula is C6H12O3. The summed E-state index contributed by atoms with van der Waals surface area (Å²) in [6.45, 7) is 2.34. The van der Waals surface area contributed by atoms with Gasteiger partial charge in [-0.3, -0.25) is 0 Å². The molecule has 0 aliphatic carbocycles. The Labute approximate surface area is 54.6 Å². The van der Waals surface area contributed by atoms with Crippen LogP contribution in [0.1, 0.15) is 13.3 Å². The van der Waals surface area contributed by atoms with Crippen LogP contribution in [0.25, 0.3) is 0 Å². The first-order chi connectivity index (χ1) is 4.18. The van der Waals surface area contributed by atoms with Crippen molar-refractivity contribution in [3.05, 3.63) is 0 Å². The summed E-state index contributed by atoms with van der Waals surface area (Å²) in [5, 5.41) is 8.90. The Kier molecular flexibility index (Phi) is 1.75. The first-order valence-electron chi connectivity index (χ1n) is 3.06. The van der Waals surface area contributed by atoms with Crippen molar-refractivity contribution < 1.29 is 14.6 Å². The summed E-state index contributed by atoms with van der Waals surface area (Å²) < 4.78 is 9.95. The first kappa shape index (κ1) is 6.99. The van der Waals surface area contributed by atoms with E-state index in [-0.39, 0.29) is 6.10 Å². The van der Waals surface area contributed by atoms with Gasteiger partial charge in [-0.1, -0.05) is 0 Å². The zero-order chi connectivity index (χ0) is 6.91. The lowest BCUT2D eigenvalue weighted by Crippen LogP contribution is -2.20. The van der Waals surface area contributed by atoms with E-state index in [1.54, 1.807) is 14.0 Å².